The summed E-state index contributed by atoms with van der Waals surface area (Å²) in [6, 6.07) is 5.09. The van der Waals surface area contributed by atoms with Gasteiger partial charge >= 0.3 is 12.6 Å². The van der Waals surface area contributed by atoms with Crippen LogP contribution in [0.15, 0.2) is 63.7 Å². The molecule has 12 heteroatoms. The number of esters is 1. The predicted octanol–water partition coefficient (Wildman–Crippen LogP) is 7.16. The van der Waals surface area contributed by atoms with E-state index in [1.807, 2.05) is 0 Å². The van der Waals surface area contributed by atoms with Gasteiger partial charge in [-0.3, -0.25) is 15.1 Å². The smallest absolute Gasteiger partial charge is 0.387 e. The number of rotatable bonds is 12. The van der Waals surface area contributed by atoms with Crippen molar-refractivity contribution in [3.05, 3.63) is 69.3 Å². The SMILES string of the molecule is CCOC(=O)C1(c2ccc(OC)c(OC3CCCC3)c2)C=CC(OC(F)F)=C(OCC2CC2)C1C1=C(Cl)CN(O)C=C1Cl. The Hall–Kier alpha value is -2.95. The van der Waals surface area contributed by atoms with Crippen LogP contribution in [0.4, 0.5) is 8.78 Å². The molecule has 8 nitrogen and oxygen atoms in total. The first-order chi connectivity index (χ1) is 20.7. The molecule has 2 unspecified atom stereocenters. The quantitative estimate of drug-likeness (QED) is 0.241. The molecule has 1 aromatic carbocycles. The lowest BCUT2D eigenvalue weighted by Crippen LogP contribution is -2.47. The van der Waals surface area contributed by atoms with Crippen LogP contribution in [-0.2, 0) is 24.4 Å². The second-order valence-electron chi connectivity index (χ2n) is 11.0. The number of nitrogens with zero attached hydrogens (tertiary/aromatic N) is 1. The summed E-state index contributed by atoms with van der Waals surface area (Å²) in [5.74, 6) is -1.07. The third-order valence-electron chi connectivity index (χ3n) is 8.10. The van der Waals surface area contributed by atoms with Gasteiger partial charge in [0.25, 0.3) is 0 Å². The monoisotopic (exact) mass is 641 g/mol. The van der Waals surface area contributed by atoms with Gasteiger partial charge in [0.2, 0.25) is 0 Å². The number of halogens is 4. The highest BCUT2D eigenvalue weighted by Crippen LogP contribution is 2.53. The summed E-state index contributed by atoms with van der Waals surface area (Å²) in [7, 11) is 1.53. The first kappa shape index (κ1) is 31.5. The molecule has 4 aliphatic rings. The molecule has 0 radical (unpaired) electrons. The van der Waals surface area contributed by atoms with Gasteiger partial charge in [-0.1, -0.05) is 35.3 Å². The Bertz CT molecular complexity index is 1340. The molecular formula is C31H35Cl2F2NO7. The van der Waals surface area contributed by atoms with Gasteiger partial charge in [-0.15, -0.1) is 0 Å². The lowest BCUT2D eigenvalue weighted by Gasteiger charge is -2.42. The third kappa shape index (κ3) is 6.61. The van der Waals surface area contributed by atoms with Crippen molar-refractivity contribution in [3.8, 4) is 11.5 Å². The first-order valence-electron chi connectivity index (χ1n) is 14.4. The number of hydroxylamine groups is 2. The standard InChI is InChI=1S/C31H35Cl2F2NO7/c1-3-40-29(37)31(19-10-11-23(39-2)25(14-19)42-20-6-4-5-7-20)13-12-24(43-30(34)35)28(41-17-18-8-9-18)27(31)26-21(32)15-36(38)16-22(26)33/h10-15,18,20,27,30,38H,3-9,16-17H2,1-2H3. The zero-order valence-corrected chi connectivity index (χ0v) is 25.5. The average Bonchev–Trinajstić information content (AvgIpc) is 3.65. The Morgan fingerprint density at radius 1 is 1.16 bits per heavy atom. The van der Waals surface area contributed by atoms with Gasteiger partial charge in [0, 0.05) is 16.8 Å². The maximum Gasteiger partial charge on any atom is 0.387 e. The molecule has 43 heavy (non-hydrogen) atoms. The topological polar surface area (TPSA) is 86.7 Å². The molecule has 2 fully saturated rings. The fraction of sp³-hybridized carbons (Fsp3) is 0.516. The summed E-state index contributed by atoms with van der Waals surface area (Å²) in [6.45, 7) is -1.41. The lowest BCUT2D eigenvalue weighted by molar-refractivity contribution is -0.150. The number of carbonyl (C=O) groups is 1. The lowest BCUT2D eigenvalue weighted by atomic mass is 9.63. The van der Waals surface area contributed by atoms with E-state index in [1.54, 1.807) is 25.1 Å². The summed E-state index contributed by atoms with van der Waals surface area (Å²) in [5.41, 5.74) is -1.09. The minimum Gasteiger partial charge on any atom is -0.493 e. The Kier molecular flexibility index (Phi) is 9.78. The molecule has 5 rings (SSSR count). The van der Waals surface area contributed by atoms with Crippen molar-refractivity contribution in [3.63, 3.8) is 0 Å². The van der Waals surface area contributed by atoms with E-state index in [4.69, 9.17) is 46.9 Å². The van der Waals surface area contributed by atoms with Crippen molar-refractivity contribution in [2.24, 2.45) is 11.8 Å². The van der Waals surface area contributed by atoms with Gasteiger partial charge in [0.15, 0.2) is 17.3 Å². The molecule has 2 atom stereocenters. The van der Waals surface area contributed by atoms with Gasteiger partial charge in [0.05, 0.1) is 43.9 Å². The van der Waals surface area contributed by atoms with Gasteiger partial charge in [-0.25, -0.2) is 0 Å². The molecule has 234 valence electrons. The van der Waals surface area contributed by atoms with Crippen molar-refractivity contribution in [2.45, 2.75) is 63.6 Å². The van der Waals surface area contributed by atoms with Crippen molar-refractivity contribution in [1.82, 2.24) is 5.06 Å². The van der Waals surface area contributed by atoms with Crippen LogP contribution in [0.3, 0.4) is 0 Å². The Morgan fingerprint density at radius 3 is 2.53 bits per heavy atom. The normalized spacial score (nSPS) is 24.4. The number of alkyl halides is 2. The average molecular weight is 643 g/mol. The number of benzene rings is 1. The number of hydrogen-bond acceptors (Lipinski definition) is 8. The van der Waals surface area contributed by atoms with Crippen molar-refractivity contribution < 1.29 is 42.5 Å². The Labute approximate surface area is 259 Å². The van der Waals surface area contributed by atoms with Gasteiger partial charge in [0.1, 0.15) is 11.2 Å². The van der Waals surface area contributed by atoms with Crippen molar-refractivity contribution in [2.75, 3.05) is 26.9 Å². The Balaban J connectivity index is 1.74. The van der Waals surface area contributed by atoms with Gasteiger partial charge in [-0.05, 0) is 75.1 Å². The number of hydrogen-bond donors (Lipinski definition) is 1. The fourth-order valence-corrected chi connectivity index (χ4v) is 6.58. The van der Waals surface area contributed by atoms with E-state index < -0.39 is 23.9 Å². The fourth-order valence-electron chi connectivity index (χ4n) is 5.86. The number of ether oxygens (including phenoxy) is 5. The van der Waals surface area contributed by atoms with Crippen LogP contribution in [0.1, 0.15) is 51.0 Å². The largest absolute Gasteiger partial charge is 0.493 e. The minimum atomic E-state index is -3.17. The molecule has 0 amide bonds. The van der Waals surface area contributed by atoms with E-state index in [1.165, 1.54) is 25.5 Å². The van der Waals surface area contributed by atoms with Crippen LogP contribution in [0.5, 0.6) is 11.5 Å². The van der Waals surface area contributed by atoms with Crippen LogP contribution >= 0.6 is 23.2 Å². The molecule has 1 aromatic rings. The second kappa shape index (κ2) is 13.4. The summed E-state index contributed by atoms with van der Waals surface area (Å²) < 4.78 is 56.2. The second-order valence-corrected chi connectivity index (χ2v) is 11.9. The van der Waals surface area contributed by atoms with Crippen LogP contribution in [0.25, 0.3) is 0 Å². The molecule has 0 saturated heterocycles. The highest BCUT2D eigenvalue weighted by molar-refractivity contribution is 6.36. The molecule has 0 aromatic heterocycles. The van der Waals surface area contributed by atoms with Crippen LogP contribution in [0.2, 0.25) is 0 Å². The van der Waals surface area contributed by atoms with E-state index in [-0.39, 0.29) is 58.9 Å². The summed E-state index contributed by atoms with van der Waals surface area (Å²) in [4.78, 5) is 14.3. The van der Waals surface area contributed by atoms with E-state index in [9.17, 15) is 18.8 Å². The molecule has 2 saturated carbocycles. The highest BCUT2D eigenvalue weighted by atomic mass is 35.5. The number of allylic oxidation sites excluding steroid dienone is 3. The number of methoxy groups -OCH3 is 1. The molecular weight excluding hydrogens is 607 g/mol. The van der Waals surface area contributed by atoms with E-state index in [2.05, 4.69) is 0 Å². The Morgan fingerprint density at radius 2 is 1.91 bits per heavy atom. The van der Waals surface area contributed by atoms with Crippen LogP contribution < -0.4 is 9.47 Å². The van der Waals surface area contributed by atoms with Crippen LogP contribution in [0, 0.1) is 11.8 Å². The van der Waals surface area contributed by atoms with Crippen LogP contribution in [-0.4, -0.2) is 55.8 Å². The maximum absolute atomic E-state index is 14.3. The number of carbonyl (C=O) groups excluding carboxylic acids is 1. The van der Waals surface area contributed by atoms with E-state index in [0.717, 1.165) is 43.6 Å². The zero-order chi connectivity index (χ0) is 30.7. The van der Waals surface area contributed by atoms with E-state index >= 15 is 0 Å². The molecule has 3 aliphatic carbocycles. The first-order valence-corrected chi connectivity index (χ1v) is 15.2. The predicted molar refractivity (Wildman–Crippen MR) is 155 cm³/mol. The molecule has 1 aliphatic heterocycles. The van der Waals surface area contributed by atoms with Gasteiger partial charge < -0.3 is 23.7 Å². The molecule has 1 N–H and O–H groups in total. The summed E-state index contributed by atoms with van der Waals surface area (Å²) >= 11 is 13.5. The molecule has 0 bridgehead atoms. The van der Waals surface area contributed by atoms with E-state index in [0.29, 0.717) is 17.1 Å². The maximum atomic E-state index is 14.3. The summed E-state index contributed by atoms with van der Waals surface area (Å²) in [5, 5.41) is 11.1. The minimum absolute atomic E-state index is 0.00687. The summed E-state index contributed by atoms with van der Waals surface area (Å²) in [6.07, 6.45) is 9.69. The van der Waals surface area contributed by atoms with Crippen molar-refractivity contribution in [1.29, 1.82) is 0 Å². The highest BCUT2D eigenvalue weighted by Gasteiger charge is 2.55. The third-order valence-corrected chi connectivity index (χ3v) is 8.72. The van der Waals surface area contributed by atoms with Gasteiger partial charge in [-0.2, -0.15) is 8.78 Å². The van der Waals surface area contributed by atoms with Crippen molar-refractivity contribution >= 4 is 29.2 Å². The molecule has 0 spiro atoms. The molecule has 1 heterocycles. The zero-order valence-electron chi connectivity index (χ0n) is 24.0.